The normalized spacial score (nSPS) is 16.0. The largest absolute Gasteiger partial charge is 0.356 e. The van der Waals surface area contributed by atoms with Gasteiger partial charge in [-0.3, -0.25) is 14.6 Å². The number of guanidine groups is 1. The first-order valence-electron chi connectivity index (χ1n) is 11.8. The lowest BCUT2D eigenvalue weighted by Gasteiger charge is -2.29. The highest BCUT2D eigenvalue weighted by molar-refractivity contribution is 5.95. The second kappa shape index (κ2) is 11.0. The van der Waals surface area contributed by atoms with Gasteiger partial charge < -0.3 is 20.4 Å². The number of aliphatic imine (C=N–C) groups is 1. The highest BCUT2D eigenvalue weighted by atomic mass is 16.2. The van der Waals surface area contributed by atoms with Gasteiger partial charge in [-0.25, -0.2) is 0 Å². The predicted molar refractivity (Wildman–Crippen MR) is 131 cm³/mol. The van der Waals surface area contributed by atoms with Gasteiger partial charge in [-0.2, -0.15) is 0 Å². The standard InChI is InChI=1S/C26H33N5O2/c1-27-26(29-18-20-10-12-23(13-11-20)31-16-5-9-25(31)33)28-15-4-8-24(32)30-17-14-21-6-2-3-7-22(21)19-30/h2-3,6-7,10-13H,4-5,8-9,14-19H2,1H3,(H2,27,28,29). The smallest absolute Gasteiger partial charge is 0.227 e. The maximum Gasteiger partial charge on any atom is 0.227 e. The van der Waals surface area contributed by atoms with E-state index in [0.29, 0.717) is 31.9 Å². The van der Waals surface area contributed by atoms with E-state index in [1.165, 1.54) is 11.1 Å². The average molecular weight is 448 g/mol. The minimum Gasteiger partial charge on any atom is -0.356 e. The van der Waals surface area contributed by atoms with E-state index in [0.717, 1.165) is 50.1 Å². The van der Waals surface area contributed by atoms with Crippen LogP contribution in [0.3, 0.4) is 0 Å². The van der Waals surface area contributed by atoms with Gasteiger partial charge in [0.25, 0.3) is 0 Å². The molecule has 2 aromatic carbocycles. The Kier molecular flexibility index (Phi) is 7.60. The fraction of sp³-hybridized carbons (Fsp3) is 0.423. The van der Waals surface area contributed by atoms with Crippen molar-refractivity contribution in [2.24, 2.45) is 4.99 Å². The number of anilines is 1. The van der Waals surface area contributed by atoms with Gasteiger partial charge in [0, 0.05) is 58.3 Å². The van der Waals surface area contributed by atoms with Crippen LogP contribution in [-0.4, -0.2) is 49.4 Å². The maximum absolute atomic E-state index is 12.6. The summed E-state index contributed by atoms with van der Waals surface area (Å²) in [5, 5.41) is 6.60. The predicted octanol–water partition coefficient (Wildman–Crippen LogP) is 2.84. The lowest BCUT2D eigenvalue weighted by Crippen LogP contribution is -2.38. The van der Waals surface area contributed by atoms with Crippen LogP contribution in [0.1, 0.15) is 42.4 Å². The molecule has 33 heavy (non-hydrogen) atoms. The Morgan fingerprint density at radius 2 is 1.79 bits per heavy atom. The zero-order valence-corrected chi connectivity index (χ0v) is 19.3. The molecule has 2 aliphatic rings. The van der Waals surface area contributed by atoms with Crippen molar-refractivity contribution in [1.29, 1.82) is 0 Å². The first kappa shape index (κ1) is 22.8. The van der Waals surface area contributed by atoms with Crippen molar-refractivity contribution < 1.29 is 9.59 Å². The fourth-order valence-electron chi connectivity index (χ4n) is 4.43. The van der Waals surface area contributed by atoms with Crippen LogP contribution in [0, 0.1) is 0 Å². The molecule has 4 rings (SSSR count). The highest BCUT2D eigenvalue weighted by Crippen LogP contribution is 2.22. The van der Waals surface area contributed by atoms with Gasteiger partial charge in [0.05, 0.1) is 0 Å². The van der Waals surface area contributed by atoms with Gasteiger partial charge in [0.15, 0.2) is 5.96 Å². The van der Waals surface area contributed by atoms with Crippen molar-refractivity contribution in [3.63, 3.8) is 0 Å². The van der Waals surface area contributed by atoms with E-state index >= 15 is 0 Å². The lowest BCUT2D eigenvalue weighted by atomic mass is 9.99. The molecule has 0 atom stereocenters. The molecule has 1 fully saturated rings. The first-order chi connectivity index (χ1) is 16.1. The third-order valence-electron chi connectivity index (χ3n) is 6.35. The molecule has 1 saturated heterocycles. The number of benzene rings is 2. The second-order valence-electron chi connectivity index (χ2n) is 8.61. The number of fused-ring (bicyclic) bond motifs is 1. The molecule has 2 aromatic rings. The van der Waals surface area contributed by atoms with Crippen LogP contribution in [0.4, 0.5) is 5.69 Å². The van der Waals surface area contributed by atoms with Crippen molar-refractivity contribution in [3.8, 4) is 0 Å². The molecule has 2 aliphatic heterocycles. The number of amides is 2. The van der Waals surface area contributed by atoms with Crippen LogP contribution in [0.2, 0.25) is 0 Å². The number of nitrogens with zero attached hydrogens (tertiary/aromatic N) is 3. The first-order valence-corrected chi connectivity index (χ1v) is 11.8. The van der Waals surface area contributed by atoms with Crippen molar-refractivity contribution in [2.75, 3.05) is 31.6 Å². The Labute approximate surface area is 195 Å². The SMILES string of the molecule is CN=C(NCCCC(=O)N1CCc2ccccc2C1)NCc1ccc(N2CCCC2=O)cc1. The van der Waals surface area contributed by atoms with E-state index in [1.54, 1.807) is 7.05 Å². The molecule has 2 N–H and O–H groups in total. The highest BCUT2D eigenvalue weighted by Gasteiger charge is 2.21. The molecule has 2 heterocycles. The Hall–Kier alpha value is -3.35. The Morgan fingerprint density at radius 1 is 1.00 bits per heavy atom. The summed E-state index contributed by atoms with van der Waals surface area (Å²) >= 11 is 0. The minimum absolute atomic E-state index is 0.203. The van der Waals surface area contributed by atoms with E-state index in [4.69, 9.17) is 0 Å². The minimum atomic E-state index is 0.203. The van der Waals surface area contributed by atoms with Gasteiger partial charge in [0.1, 0.15) is 0 Å². The summed E-state index contributed by atoms with van der Waals surface area (Å²) in [6.45, 7) is 3.65. The van der Waals surface area contributed by atoms with Gasteiger partial charge in [-0.1, -0.05) is 36.4 Å². The number of carbonyl (C=O) groups is 2. The van der Waals surface area contributed by atoms with Crippen LogP contribution in [0.25, 0.3) is 0 Å². The van der Waals surface area contributed by atoms with Gasteiger partial charge in [-0.15, -0.1) is 0 Å². The maximum atomic E-state index is 12.6. The van der Waals surface area contributed by atoms with Gasteiger partial charge in [-0.05, 0) is 48.1 Å². The summed E-state index contributed by atoms with van der Waals surface area (Å²) in [6.07, 6.45) is 3.80. The van der Waals surface area contributed by atoms with Crippen molar-refractivity contribution in [2.45, 2.75) is 45.2 Å². The van der Waals surface area contributed by atoms with E-state index in [-0.39, 0.29) is 11.8 Å². The number of carbonyl (C=O) groups excluding carboxylic acids is 2. The van der Waals surface area contributed by atoms with E-state index in [1.807, 2.05) is 40.1 Å². The summed E-state index contributed by atoms with van der Waals surface area (Å²) in [5.41, 5.74) is 4.71. The van der Waals surface area contributed by atoms with Crippen LogP contribution >= 0.6 is 0 Å². The van der Waals surface area contributed by atoms with Crippen molar-refractivity contribution in [3.05, 3.63) is 65.2 Å². The third kappa shape index (κ3) is 5.92. The van der Waals surface area contributed by atoms with E-state index in [2.05, 4.69) is 33.8 Å². The molecular weight excluding hydrogens is 414 g/mol. The fourth-order valence-corrected chi connectivity index (χ4v) is 4.43. The van der Waals surface area contributed by atoms with Gasteiger partial charge in [0.2, 0.25) is 11.8 Å². The number of hydrogen-bond donors (Lipinski definition) is 2. The summed E-state index contributed by atoms with van der Waals surface area (Å²) in [5.74, 6) is 1.13. The molecule has 7 heteroatoms. The summed E-state index contributed by atoms with van der Waals surface area (Å²) in [4.78, 5) is 32.6. The molecule has 0 unspecified atom stereocenters. The summed E-state index contributed by atoms with van der Waals surface area (Å²) < 4.78 is 0. The Morgan fingerprint density at radius 3 is 2.52 bits per heavy atom. The molecule has 0 aliphatic carbocycles. The Balaban J connectivity index is 1.16. The molecule has 0 bridgehead atoms. The summed E-state index contributed by atoms with van der Waals surface area (Å²) in [6, 6.07) is 16.5. The number of nitrogens with one attached hydrogen (secondary N) is 2. The molecule has 2 amide bonds. The van der Waals surface area contributed by atoms with Crippen LogP contribution in [-0.2, 0) is 29.1 Å². The second-order valence-corrected chi connectivity index (χ2v) is 8.61. The monoisotopic (exact) mass is 447 g/mol. The third-order valence-corrected chi connectivity index (χ3v) is 6.35. The van der Waals surface area contributed by atoms with E-state index in [9.17, 15) is 9.59 Å². The zero-order valence-electron chi connectivity index (χ0n) is 19.3. The average Bonchev–Trinajstić information content (AvgIpc) is 3.29. The topological polar surface area (TPSA) is 77.0 Å². The molecule has 7 nitrogen and oxygen atoms in total. The lowest BCUT2D eigenvalue weighted by molar-refractivity contribution is -0.132. The number of rotatable bonds is 7. The molecule has 0 saturated carbocycles. The molecule has 0 radical (unpaired) electrons. The van der Waals surface area contributed by atoms with E-state index < -0.39 is 0 Å². The molecular formula is C26H33N5O2. The Bertz CT molecular complexity index is 1000. The molecule has 174 valence electrons. The molecule has 0 aromatic heterocycles. The van der Waals surface area contributed by atoms with Crippen molar-refractivity contribution >= 4 is 23.5 Å². The molecule has 0 spiro atoms. The van der Waals surface area contributed by atoms with Crippen LogP contribution in [0.15, 0.2) is 53.5 Å². The summed E-state index contributed by atoms with van der Waals surface area (Å²) in [7, 11) is 1.74. The van der Waals surface area contributed by atoms with Crippen LogP contribution < -0.4 is 15.5 Å². The number of hydrogen-bond acceptors (Lipinski definition) is 3. The van der Waals surface area contributed by atoms with Crippen molar-refractivity contribution in [1.82, 2.24) is 15.5 Å². The van der Waals surface area contributed by atoms with Gasteiger partial charge >= 0.3 is 0 Å². The quantitative estimate of drug-likeness (QED) is 0.389. The van der Waals surface area contributed by atoms with Crippen LogP contribution in [0.5, 0.6) is 0 Å². The zero-order chi connectivity index (χ0) is 23.0.